The monoisotopic (exact) mass is 708 g/mol. The molecule has 1 saturated heterocycles. The second kappa shape index (κ2) is 15.7. The van der Waals surface area contributed by atoms with E-state index in [-0.39, 0.29) is 12.5 Å². The third kappa shape index (κ3) is 8.49. The highest BCUT2D eigenvalue weighted by atomic mass is 35.5. The predicted molar refractivity (Wildman–Crippen MR) is 202 cm³/mol. The Balaban J connectivity index is 1.20. The van der Waals surface area contributed by atoms with Gasteiger partial charge in [-0.15, -0.1) is 0 Å². The number of aliphatic imine (C=N–C) groups is 1. The minimum Gasteiger partial charge on any atom is -0.490 e. The number of thioether (sulfide) groups is 1. The Labute approximate surface area is 301 Å². The average Bonchev–Trinajstić information content (AvgIpc) is 3.39. The van der Waals surface area contributed by atoms with Crippen LogP contribution in [0.1, 0.15) is 34.7 Å². The molecule has 0 radical (unpaired) electrons. The van der Waals surface area contributed by atoms with Gasteiger partial charge in [-0.05, 0) is 104 Å². The van der Waals surface area contributed by atoms with Crippen molar-refractivity contribution >= 4 is 63.5 Å². The van der Waals surface area contributed by atoms with Crippen LogP contribution in [0.4, 0.5) is 11.4 Å². The first kappa shape index (κ1) is 34.2. The lowest BCUT2D eigenvalue weighted by atomic mass is 10.1. The molecule has 0 saturated carbocycles. The number of nitrogens with zero attached hydrogens (tertiary/aromatic N) is 2. The Morgan fingerprint density at radius 1 is 0.735 bits per heavy atom. The highest BCUT2D eigenvalue weighted by Gasteiger charge is 2.35. The molecule has 1 aliphatic rings. The molecule has 0 spiro atoms. The molecule has 0 atom stereocenters. The van der Waals surface area contributed by atoms with Crippen molar-refractivity contribution in [3.63, 3.8) is 0 Å². The van der Waals surface area contributed by atoms with E-state index in [1.807, 2.05) is 118 Å². The van der Waals surface area contributed by atoms with Gasteiger partial charge in [0, 0.05) is 0 Å². The average molecular weight is 710 g/mol. The first-order chi connectivity index (χ1) is 23.8. The smallest absolute Gasteiger partial charge is 0.271 e. The fourth-order valence-electron chi connectivity index (χ4n) is 5.07. The summed E-state index contributed by atoms with van der Waals surface area (Å²) >= 11 is 14.7. The van der Waals surface area contributed by atoms with Gasteiger partial charge in [-0.2, -0.15) is 0 Å². The summed E-state index contributed by atoms with van der Waals surface area (Å²) in [7, 11) is 0. The molecule has 5 aromatic rings. The third-order valence-electron chi connectivity index (χ3n) is 7.60. The van der Waals surface area contributed by atoms with E-state index in [4.69, 9.17) is 42.4 Å². The molecule has 9 heteroatoms. The number of ether oxygens (including phenoxy) is 3. The Bertz CT molecular complexity index is 1990. The molecule has 0 N–H and O–H groups in total. The summed E-state index contributed by atoms with van der Waals surface area (Å²) in [5.41, 5.74) is 6.32. The SMILES string of the molecule is CCOc1cc(COc2c(Cl)cc(/C=C3/SC(=Nc4ccc(C)cc4)N(c4ccc(C)cc4)C3=O)cc2Cl)ccc1OCc1ccccc1. The van der Waals surface area contributed by atoms with Gasteiger partial charge >= 0.3 is 0 Å². The first-order valence-corrected chi connectivity index (χ1v) is 17.3. The van der Waals surface area contributed by atoms with Crippen molar-refractivity contribution in [2.24, 2.45) is 4.99 Å². The fourth-order valence-corrected chi connectivity index (χ4v) is 6.69. The maximum absolute atomic E-state index is 13.8. The zero-order chi connectivity index (χ0) is 34.3. The summed E-state index contributed by atoms with van der Waals surface area (Å²) in [5.74, 6) is 1.44. The zero-order valence-corrected chi connectivity index (χ0v) is 29.6. The van der Waals surface area contributed by atoms with Crippen LogP contribution in [-0.2, 0) is 18.0 Å². The van der Waals surface area contributed by atoms with E-state index in [0.29, 0.717) is 56.1 Å². The van der Waals surface area contributed by atoms with Crippen molar-refractivity contribution < 1.29 is 19.0 Å². The summed E-state index contributed by atoms with van der Waals surface area (Å²) in [5, 5.41) is 1.21. The first-order valence-electron chi connectivity index (χ1n) is 15.8. The molecule has 0 aromatic heterocycles. The fraction of sp³-hybridized carbons (Fsp3) is 0.150. The molecular weight excluding hydrogens is 675 g/mol. The van der Waals surface area contributed by atoms with Gasteiger partial charge in [-0.3, -0.25) is 9.69 Å². The van der Waals surface area contributed by atoms with Crippen molar-refractivity contribution in [3.05, 3.63) is 152 Å². The molecule has 0 unspecified atom stereocenters. The molecule has 248 valence electrons. The van der Waals surface area contributed by atoms with Gasteiger partial charge < -0.3 is 14.2 Å². The number of hydrogen-bond donors (Lipinski definition) is 0. The minimum atomic E-state index is -0.186. The summed E-state index contributed by atoms with van der Waals surface area (Å²) in [6.45, 7) is 7.08. The predicted octanol–water partition coefficient (Wildman–Crippen LogP) is 11.0. The van der Waals surface area contributed by atoms with Gasteiger partial charge in [-0.25, -0.2) is 4.99 Å². The minimum absolute atomic E-state index is 0.186. The lowest BCUT2D eigenvalue weighted by Gasteiger charge is -2.16. The van der Waals surface area contributed by atoms with Gasteiger partial charge in [-0.1, -0.05) is 95.0 Å². The maximum Gasteiger partial charge on any atom is 0.271 e. The van der Waals surface area contributed by atoms with Gasteiger partial charge in [0.05, 0.1) is 32.9 Å². The van der Waals surface area contributed by atoms with E-state index in [0.717, 1.165) is 33.6 Å². The number of carbonyl (C=O) groups is 1. The number of amides is 1. The van der Waals surface area contributed by atoms with Gasteiger partial charge in [0.1, 0.15) is 13.2 Å². The number of amidine groups is 1. The highest BCUT2D eigenvalue weighted by Crippen LogP contribution is 2.40. The molecule has 5 aromatic carbocycles. The van der Waals surface area contributed by atoms with E-state index in [1.165, 1.54) is 11.8 Å². The van der Waals surface area contributed by atoms with Gasteiger partial charge in [0.15, 0.2) is 22.4 Å². The highest BCUT2D eigenvalue weighted by molar-refractivity contribution is 8.19. The Morgan fingerprint density at radius 3 is 2.06 bits per heavy atom. The number of halogens is 2. The third-order valence-corrected chi connectivity index (χ3v) is 9.13. The van der Waals surface area contributed by atoms with Crippen LogP contribution in [0.5, 0.6) is 17.2 Å². The van der Waals surface area contributed by atoms with Crippen LogP contribution >= 0.6 is 35.0 Å². The number of benzene rings is 5. The van der Waals surface area contributed by atoms with E-state index < -0.39 is 0 Å². The summed E-state index contributed by atoms with van der Waals surface area (Å²) < 4.78 is 18.0. The molecule has 1 aliphatic heterocycles. The van der Waals surface area contributed by atoms with Crippen LogP contribution in [0.2, 0.25) is 10.0 Å². The topological polar surface area (TPSA) is 60.4 Å². The standard InChI is InChI=1S/C40H34Cl2N2O4S/c1-4-46-36-22-29(14-19-35(36)47-24-28-8-6-5-7-9-28)25-48-38-33(41)20-30(21-34(38)42)23-37-39(45)44(32-17-12-27(3)13-18-32)40(49-37)43-31-15-10-26(2)11-16-31/h5-23H,4,24-25H2,1-3H3/b37-23+,43-40?. The van der Waals surface area contributed by atoms with Crippen molar-refractivity contribution in [2.75, 3.05) is 11.5 Å². The Hall–Kier alpha value is -4.69. The summed E-state index contributed by atoms with van der Waals surface area (Å²) in [6.07, 6.45) is 1.77. The van der Waals surface area contributed by atoms with Crippen LogP contribution in [-0.4, -0.2) is 17.7 Å². The molecule has 6 rings (SSSR count). The quantitative estimate of drug-likeness (QED) is 0.128. The van der Waals surface area contributed by atoms with Crippen LogP contribution < -0.4 is 19.1 Å². The molecule has 0 bridgehead atoms. The Morgan fingerprint density at radius 2 is 1.39 bits per heavy atom. The zero-order valence-electron chi connectivity index (χ0n) is 27.3. The summed E-state index contributed by atoms with van der Waals surface area (Å²) in [6, 6.07) is 34.8. The van der Waals surface area contributed by atoms with Gasteiger partial charge in [0.25, 0.3) is 5.91 Å². The lowest BCUT2D eigenvalue weighted by molar-refractivity contribution is -0.113. The molecule has 1 amide bonds. The largest absolute Gasteiger partial charge is 0.490 e. The van der Waals surface area contributed by atoms with Crippen LogP contribution in [0.25, 0.3) is 6.08 Å². The van der Waals surface area contributed by atoms with Crippen molar-refractivity contribution in [1.82, 2.24) is 0 Å². The van der Waals surface area contributed by atoms with E-state index in [9.17, 15) is 4.79 Å². The number of rotatable bonds is 11. The number of hydrogen-bond acceptors (Lipinski definition) is 6. The van der Waals surface area contributed by atoms with Crippen LogP contribution in [0, 0.1) is 13.8 Å². The van der Waals surface area contributed by atoms with Crippen molar-refractivity contribution in [1.29, 1.82) is 0 Å². The second-order valence-electron chi connectivity index (χ2n) is 11.4. The molecule has 49 heavy (non-hydrogen) atoms. The molecule has 0 aliphatic carbocycles. The van der Waals surface area contributed by atoms with Crippen molar-refractivity contribution in [2.45, 2.75) is 34.0 Å². The molecule has 1 fully saturated rings. The maximum atomic E-state index is 13.8. The van der Waals surface area contributed by atoms with Crippen LogP contribution in [0.3, 0.4) is 0 Å². The number of anilines is 1. The van der Waals surface area contributed by atoms with E-state index in [1.54, 1.807) is 23.1 Å². The van der Waals surface area contributed by atoms with Crippen LogP contribution in [0.15, 0.2) is 119 Å². The molecule has 6 nitrogen and oxygen atoms in total. The molecular formula is C40H34Cl2N2O4S. The van der Waals surface area contributed by atoms with Gasteiger partial charge in [0.2, 0.25) is 0 Å². The van der Waals surface area contributed by atoms with E-state index >= 15 is 0 Å². The Kier molecular flexibility index (Phi) is 10.9. The van der Waals surface area contributed by atoms with Crippen molar-refractivity contribution in [3.8, 4) is 17.2 Å². The lowest BCUT2D eigenvalue weighted by Crippen LogP contribution is -2.28. The second-order valence-corrected chi connectivity index (χ2v) is 13.2. The van der Waals surface area contributed by atoms with E-state index in [2.05, 4.69) is 0 Å². The molecule has 1 heterocycles. The number of carbonyl (C=O) groups excluding carboxylic acids is 1. The number of aryl methyl sites for hydroxylation is 2. The normalized spacial score (nSPS) is 14.5. The summed E-state index contributed by atoms with van der Waals surface area (Å²) in [4.78, 5) is 20.8.